The Bertz CT molecular complexity index is 3380. The monoisotopic (exact) mass is 828 g/mol. The van der Waals surface area contributed by atoms with Crippen LogP contribution >= 0.6 is 0 Å². The zero-order valence-corrected chi connectivity index (χ0v) is 35.6. The van der Waals surface area contributed by atoms with E-state index in [1.165, 1.54) is 0 Å². The molecule has 1 aliphatic rings. The van der Waals surface area contributed by atoms with E-state index in [2.05, 4.69) is 181 Å². The van der Waals surface area contributed by atoms with E-state index in [1.807, 2.05) is 24.4 Å². The Morgan fingerprint density at radius 3 is 1.47 bits per heavy atom. The lowest BCUT2D eigenvalue weighted by molar-refractivity contribution is 0.327. The third kappa shape index (κ3) is 7.16. The van der Waals surface area contributed by atoms with Gasteiger partial charge in [0.25, 0.3) is 0 Å². The summed E-state index contributed by atoms with van der Waals surface area (Å²) in [5, 5.41) is 37.5. The summed E-state index contributed by atoms with van der Waals surface area (Å²) in [5.41, 5.74) is 9.64. The van der Waals surface area contributed by atoms with Crippen molar-refractivity contribution in [1.29, 1.82) is 0 Å². The largest absolute Gasteiger partial charge is 0.507 e. The van der Waals surface area contributed by atoms with Crippen molar-refractivity contribution in [3.63, 3.8) is 0 Å². The minimum atomic E-state index is -0.00896. The van der Waals surface area contributed by atoms with Gasteiger partial charge in [0, 0.05) is 52.2 Å². The van der Waals surface area contributed by atoms with Crippen LogP contribution < -0.4 is 5.32 Å². The van der Waals surface area contributed by atoms with Crippen molar-refractivity contribution in [1.82, 2.24) is 5.32 Å². The number of fused-ring (bicyclic) bond motifs is 4. The number of hydrogen-bond acceptors (Lipinski definition) is 4. The second-order valence-electron chi connectivity index (χ2n) is 17.2. The molecule has 64 heavy (non-hydrogen) atoms. The Labute approximate surface area is 373 Å². The molecule has 2 atom stereocenters. The highest BCUT2D eigenvalue weighted by molar-refractivity contribution is 6.15. The third-order valence-electron chi connectivity index (χ3n) is 13.4. The van der Waals surface area contributed by atoms with Crippen LogP contribution in [-0.2, 0) is 6.54 Å². The molecule has 0 saturated heterocycles. The predicted molar refractivity (Wildman–Crippen MR) is 268 cm³/mol. The van der Waals surface area contributed by atoms with Gasteiger partial charge in [-0.05, 0) is 90.3 Å². The van der Waals surface area contributed by atoms with E-state index < -0.39 is 0 Å². The molecule has 10 aromatic carbocycles. The Hall–Kier alpha value is -7.53. The molecule has 4 nitrogen and oxygen atoms in total. The summed E-state index contributed by atoms with van der Waals surface area (Å²) in [7, 11) is 0. The molecule has 3 N–H and O–H groups in total. The van der Waals surface area contributed by atoms with Crippen molar-refractivity contribution in [2.45, 2.75) is 44.3 Å². The average Bonchev–Trinajstić information content (AvgIpc) is 3.35. The maximum atomic E-state index is 12.5. The number of nitrogens with zero attached hydrogens (tertiary/aromatic N) is 1. The molecule has 310 valence electrons. The number of aliphatic imine (C=N–C) groups is 1. The highest BCUT2D eigenvalue weighted by Gasteiger charge is 2.27. The topological polar surface area (TPSA) is 64.9 Å². The molecule has 0 aromatic heterocycles. The molecule has 0 bridgehead atoms. The van der Waals surface area contributed by atoms with Gasteiger partial charge in [-0.3, -0.25) is 4.99 Å². The van der Waals surface area contributed by atoms with Crippen LogP contribution in [0.2, 0.25) is 0 Å². The quantitative estimate of drug-likeness (QED) is 0.127. The molecule has 1 fully saturated rings. The van der Waals surface area contributed by atoms with Crippen molar-refractivity contribution in [2.75, 3.05) is 0 Å². The fourth-order valence-corrected chi connectivity index (χ4v) is 10.2. The minimum Gasteiger partial charge on any atom is -0.507 e. The molecular weight excluding hydrogens is 781 g/mol. The number of nitrogens with one attached hydrogen (secondary N) is 1. The molecule has 0 spiro atoms. The van der Waals surface area contributed by atoms with E-state index in [1.54, 1.807) is 0 Å². The molecule has 0 unspecified atom stereocenters. The third-order valence-corrected chi connectivity index (χ3v) is 13.4. The molecule has 0 amide bonds. The number of aromatic hydroxyl groups is 2. The molecule has 11 rings (SSSR count). The standard InChI is InChI=1S/C60H48N2O2/c63-59-45(35-43-23-9-13-27-49(43)57(59)55-47-25-11-7-21-41(47)31-33-51(55)39-17-3-1-4-18-39)37-61-53-29-15-16-30-54(53)62-38-46-36-44-24-10-14-28-50(44)58(60(46)64)56-48-26-12-8-22-42(48)32-34-52(56)40-19-5-2-6-20-40/h1-14,17-28,31-37,53-54,62-64H,15-16,29-30,38H2/b61-37+/t53-,54-/m1/s1. The van der Waals surface area contributed by atoms with Gasteiger partial charge in [-0.25, -0.2) is 0 Å². The summed E-state index contributed by atoms with van der Waals surface area (Å²) in [6, 6.07) is 67.6. The first-order valence-corrected chi connectivity index (χ1v) is 22.5. The summed E-state index contributed by atoms with van der Waals surface area (Å²) in [6.07, 6.45) is 5.99. The van der Waals surface area contributed by atoms with Crippen molar-refractivity contribution in [3.8, 4) is 56.0 Å². The lowest BCUT2D eigenvalue weighted by atomic mass is 9.85. The van der Waals surface area contributed by atoms with E-state index in [9.17, 15) is 10.2 Å². The second-order valence-corrected chi connectivity index (χ2v) is 17.2. The zero-order chi connectivity index (χ0) is 43.0. The summed E-state index contributed by atoms with van der Waals surface area (Å²) in [6.45, 7) is 0.487. The summed E-state index contributed by atoms with van der Waals surface area (Å²) in [4.78, 5) is 5.30. The van der Waals surface area contributed by atoms with E-state index in [4.69, 9.17) is 4.99 Å². The lowest BCUT2D eigenvalue weighted by Gasteiger charge is -2.30. The van der Waals surface area contributed by atoms with Crippen LogP contribution in [0.25, 0.3) is 87.6 Å². The highest BCUT2D eigenvalue weighted by atomic mass is 16.3. The average molecular weight is 829 g/mol. The first kappa shape index (κ1) is 39.3. The fourth-order valence-electron chi connectivity index (χ4n) is 10.2. The minimum absolute atomic E-state index is 0.00896. The SMILES string of the molecule is Oc1c(/C=N/[C@@H]2CCCC[C@H]2NCc2cc3ccccc3c(-c3c(-c4ccccc4)ccc4ccccc34)c2O)cc2ccccc2c1-c1c(-c2ccccc2)ccc2ccccc12. The van der Waals surface area contributed by atoms with E-state index >= 15 is 0 Å². The van der Waals surface area contributed by atoms with Crippen molar-refractivity contribution in [2.24, 2.45) is 4.99 Å². The lowest BCUT2D eigenvalue weighted by Crippen LogP contribution is -2.40. The number of benzene rings is 10. The maximum absolute atomic E-state index is 12.5. The van der Waals surface area contributed by atoms with Crippen molar-refractivity contribution in [3.05, 3.63) is 205 Å². The molecular formula is C60H48N2O2. The Morgan fingerprint density at radius 2 is 0.906 bits per heavy atom. The van der Waals surface area contributed by atoms with Gasteiger partial charge < -0.3 is 15.5 Å². The van der Waals surface area contributed by atoms with Gasteiger partial charge in [-0.2, -0.15) is 0 Å². The van der Waals surface area contributed by atoms with Crippen LogP contribution in [0.4, 0.5) is 0 Å². The first-order chi connectivity index (χ1) is 31.6. The Morgan fingerprint density at radius 1 is 0.453 bits per heavy atom. The smallest absolute Gasteiger partial charge is 0.132 e. The predicted octanol–water partition coefficient (Wildman–Crippen LogP) is 14.9. The van der Waals surface area contributed by atoms with E-state index in [-0.39, 0.29) is 17.8 Å². The van der Waals surface area contributed by atoms with Gasteiger partial charge in [0.1, 0.15) is 11.5 Å². The van der Waals surface area contributed by atoms with Crippen molar-refractivity contribution >= 4 is 49.3 Å². The second kappa shape index (κ2) is 17.0. The molecule has 0 aliphatic heterocycles. The van der Waals surface area contributed by atoms with Gasteiger partial charge in [0.15, 0.2) is 0 Å². The van der Waals surface area contributed by atoms with E-state index in [0.29, 0.717) is 17.9 Å². The molecule has 1 aliphatic carbocycles. The summed E-state index contributed by atoms with van der Waals surface area (Å²) >= 11 is 0. The molecule has 0 heterocycles. The van der Waals surface area contributed by atoms with Gasteiger partial charge >= 0.3 is 0 Å². The van der Waals surface area contributed by atoms with Crippen LogP contribution in [0.1, 0.15) is 36.8 Å². The van der Waals surface area contributed by atoms with Crippen LogP contribution in [0, 0.1) is 0 Å². The summed E-state index contributed by atoms with van der Waals surface area (Å²) in [5.74, 6) is 0.528. The number of rotatable bonds is 9. The molecule has 4 heteroatoms. The van der Waals surface area contributed by atoms with Gasteiger partial charge in [-0.15, -0.1) is 0 Å². The van der Waals surface area contributed by atoms with Crippen LogP contribution in [0.3, 0.4) is 0 Å². The van der Waals surface area contributed by atoms with Crippen LogP contribution in [0.5, 0.6) is 11.5 Å². The van der Waals surface area contributed by atoms with Crippen LogP contribution in [-0.4, -0.2) is 28.5 Å². The van der Waals surface area contributed by atoms with E-state index in [0.717, 1.165) is 119 Å². The van der Waals surface area contributed by atoms with Crippen molar-refractivity contribution < 1.29 is 10.2 Å². The first-order valence-electron chi connectivity index (χ1n) is 22.5. The highest BCUT2D eigenvalue weighted by Crippen LogP contribution is 2.48. The van der Waals surface area contributed by atoms with Gasteiger partial charge in [-0.1, -0.05) is 195 Å². The number of phenols is 2. The number of phenolic OH excluding ortho intramolecular Hbond substituents is 2. The van der Waals surface area contributed by atoms with Gasteiger partial charge in [0.05, 0.1) is 6.04 Å². The Kier molecular flexibility index (Phi) is 10.4. The fraction of sp³-hybridized carbons (Fsp3) is 0.117. The van der Waals surface area contributed by atoms with Gasteiger partial charge in [0.2, 0.25) is 0 Å². The molecule has 1 saturated carbocycles. The van der Waals surface area contributed by atoms with Crippen LogP contribution in [0.15, 0.2) is 199 Å². The molecule has 10 aromatic rings. The number of hydrogen-bond donors (Lipinski definition) is 3. The maximum Gasteiger partial charge on any atom is 0.132 e. The molecule has 0 radical (unpaired) electrons. The summed E-state index contributed by atoms with van der Waals surface area (Å²) < 4.78 is 0. The normalized spacial score (nSPS) is 15.4. The Balaban J connectivity index is 0.970. The zero-order valence-electron chi connectivity index (χ0n) is 35.6.